The van der Waals surface area contributed by atoms with Crippen LogP contribution in [0.5, 0.6) is 11.5 Å². The molecule has 4 rings (SSSR count). The number of hydrogen-bond donors (Lipinski definition) is 0. The SMILES string of the molecule is COC(=O)/C=C1/SCC(=O)N1CCCSc1nnc(-c2ccc3c(c2)OCO3)o1. The van der Waals surface area contributed by atoms with E-state index >= 15 is 0 Å². The van der Waals surface area contributed by atoms with Crippen LogP contribution in [0, 0.1) is 0 Å². The fourth-order valence-corrected chi connectivity index (χ4v) is 4.37. The van der Waals surface area contributed by atoms with Crippen LogP contribution in [0.2, 0.25) is 0 Å². The van der Waals surface area contributed by atoms with Crippen LogP contribution in [0.1, 0.15) is 6.42 Å². The molecule has 3 heterocycles. The molecule has 0 spiro atoms. The third-order valence-corrected chi connectivity index (χ3v) is 6.06. The van der Waals surface area contributed by atoms with Gasteiger partial charge in [-0.1, -0.05) is 23.5 Å². The molecule has 11 heteroatoms. The quantitative estimate of drug-likeness (QED) is 0.279. The van der Waals surface area contributed by atoms with E-state index in [0.717, 1.165) is 5.56 Å². The molecular formula is C18H17N3O6S2. The Labute approximate surface area is 174 Å². The highest BCUT2D eigenvalue weighted by atomic mass is 32.2. The average Bonchev–Trinajstić information content (AvgIpc) is 3.46. The van der Waals surface area contributed by atoms with E-state index in [1.165, 1.54) is 36.7 Å². The first-order chi connectivity index (χ1) is 14.1. The molecule has 0 unspecified atom stereocenters. The second kappa shape index (κ2) is 8.78. The number of benzene rings is 1. The van der Waals surface area contributed by atoms with Gasteiger partial charge in [0.1, 0.15) is 0 Å². The first-order valence-corrected chi connectivity index (χ1v) is 10.7. The Balaban J connectivity index is 1.30. The number of carbonyl (C=O) groups is 2. The van der Waals surface area contributed by atoms with Crippen LogP contribution in [-0.4, -0.2) is 58.9 Å². The maximum Gasteiger partial charge on any atom is 0.333 e. The predicted molar refractivity (Wildman–Crippen MR) is 105 cm³/mol. The Kier molecular flexibility index (Phi) is 5.95. The normalized spacial score (nSPS) is 16.7. The van der Waals surface area contributed by atoms with Gasteiger partial charge in [-0.05, 0) is 24.6 Å². The number of carbonyl (C=O) groups excluding carboxylic acids is 2. The van der Waals surface area contributed by atoms with Gasteiger partial charge >= 0.3 is 5.97 Å². The lowest BCUT2D eigenvalue weighted by molar-refractivity contribution is -0.134. The molecule has 1 saturated heterocycles. The number of thioether (sulfide) groups is 2. The minimum atomic E-state index is -0.469. The number of ether oxygens (including phenoxy) is 3. The van der Waals surface area contributed by atoms with Crippen molar-refractivity contribution in [3.63, 3.8) is 0 Å². The molecular weight excluding hydrogens is 418 g/mol. The number of esters is 1. The highest BCUT2D eigenvalue weighted by molar-refractivity contribution is 8.04. The number of fused-ring (bicyclic) bond motifs is 1. The Morgan fingerprint density at radius 3 is 3.07 bits per heavy atom. The van der Waals surface area contributed by atoms with Crippen molar-refractivity contribution in [3.8, 4) is 23.0 Å². The van der Waals surface area contributed by atoms with Crippen molar-refractivity contribution < 1.29 is 28.2 Å². The van der Waals surface area contributed by atoms with Crippen LogP contribution in [0.15, 0.2) is 38.9 Å². The number of hydrogen-bond acceptors (Lipinski definition) is 10. The zero-order valence-corrected chi connectivity index (χ0v) is 17.1. The van der Waals surface area contributed by atoms with Gasteiger partial charge in [-0.25, -0.2) is 4.79 Å². The predicted octanol–water partition coefficient (Wildman–Crippen LogP) is 2.54. The number of amides is 1. The van der Waals surface area contributed by atoms with E-state index in [1.807, 2.05) is 6.07 Å². The summed E-state index contributed by atoms with van der Waals surface area (Å²) in [4.78, 5) is 25.0. The van der Waals surface area contributed by atoms with Gasteiger partial charge in [-0.2, -0.15) is 0 Å². The van der Waals surface area contributed by atoms with Gasteiger partial charge in [0.05, 0.1) is 24.0 Å². The van der Waals surface area contributed by atoms with E-state index in [0.29, 0.717) is 52.1 Å². The first-order valence-electron chi connectivity index (χ1n) is 8.73. The molecule has 0 atom stereocenters. The summed E-state index contributed by atoms with van der Waals surface area (Å²) in [7, 11) is 1.31. The van der Waals surface area contributed by atoms with Gasteiger partial charge in [0, 0.05) is 17.9 Å². The van der Waals surface area contributed by atoms with Crippen molar-refractivity contribution in [2.45, 2.75) is 11.6 Å². The molecule has 9 nitrogen and oxygen atoms in total. The monoisotopic (exact) mass is 435 g/mol. The van der Waals surface area contributed by atoms with Gasteiger partial charge in [0.25, 0.3) is 5.22 Å². The number of nitrogens with zero attached hydrogens (tertiary/aromatic N) is 3. The zero-order valence-electron chi connectivity index (χ0n) is 15.5. The smallest absolute Gasteiger partial charge is 0.333 e. The third kappa shape index (κ3) is 4.51. The van der Waals surface area contributed by atoms with Crippen LogP contribution in [0.25, 0.3) is 11.5 Å². The number of methoxy groups -OCH3 is 1. The Bertz CT molecular complexity index is 961. The molecule has 2 aliphatic rings. The van der Waals surface area contributed by atoms with Crippen LogP contribution < -0.4 is 9.47 Å². The highest BCUT2D eigenvalue weighted by Gasteiger charge is 2.27. The molecule has 152 valence electrons. The molecule has 2 aliphatic heterocycles. The molecule has 0 bridgehead atoms. The van der Waals surface area contributed by atoms with Crippen molar-refractivity contribution >= 4 is 35.4 Å². The number of rotatable bonds is 7. The van der Waals surface area contributed by atoms with Crippen LogP contribution in [0.3, 0.4) is 0 Å². The summed E-state index contributed by atoms with van der Waals surface area (Å²) in [6.45, 7) is 0.711. The molecule has 1 fully saturated rings. The largest absolute Gasteiger partial charge is 0.466 e. The van der Waals surface area contributed by atoms with Crippen molar-refractivity contribution in [3.05, 3.63) is 29.3 Å². The van der Waals surface area contributed by atoms with Crippen molar-refractivity contribution in [1.82, 2.24) is 15.1 Å². The van der Waals surface area contributed by atoms with Gasteiger partial charge in [0.2, 0.25) is 18.6 Å². The van der Waals surface area contributed by atoms with Gasteiger partial charge in [-0.15, -0.1) is 10.2 Å². The fourth-order valence-electron chi connectivity index (χ4n) is 2.73. The van der Waals surface area contributed by atoms with E-state index in [-0.39, 0.29) is 12.7 Å². The van der Waals surface area contributed by atoms with Gasteiger partial charge in [0.15, 0.2) is 11.5 Å². The second-order valence-corrected chi connectivity index (χ2v) is 8.02. The minimum Gasteiger partial charge on any atom is -0.466 e. The lowest BCUT2D eigenvalue weighted by Gasteiger charge is -2.16. The summed E-state index contributed by atoms with van der Waals surface area (Å²) in [5.41, 5.74) is 0.755. The molecule has 0 N–H and O–H groups in total. The molecule has 0 radical (unpaired) electrons. The third-order valence-electron chi connectivity index (χ3n) is 4.13. The summed E-state index contributed by atoms with van der Waals surface area (Å²) >= 11 is 2.75. The van der Waals surface area contributed by atoms with Crippen LogP contribution in [0.4, 0.5) is 0 Å². The fraction of sp³-hybridized carbons (Fsp3) is 0.333. The van der Waals surface area contributed by atoms with Gasteiger partial charge < -0.3 is 23.5 Å². The Morgan fingerprint density at radius 1 is 1.34 bits per heavy atom. The minimum absolute atomic E-state index is 0.0157. The lowest BCUT2D eigenvalue weighted by Crippen LogP contribution is -2.26. The molecule has 1 aromatic heterocycles. The molecule has 2 aromatic rings. The summed E-state index contributed by atoms with van der Waals surface area (Å²) in [5, 5.41) is 9.19. The topological polar surface area (TPSA) is 104 Å². The molecule has 29 heavy (non-hydrogen) atoms. The summed E-state index contributed by atoms with van der Waals surface area (Å²) < 4.78 is 21.0. The molecule has 1 amide bonds. The Morgan fingerprint density at radius 2 is 2.21 bits per heavy atom. The van der Waals surface area contributed by atoms with E-state index in [9.17, 15) is 9.59 Å². The van der Waals surface area contributed by atoms with Crippen LogP contribution >= 0.6 is 23.5 Å². The summed E-state index contributed by atoms with van der Waals surface area (Å²) in [6, 6.07) is 5.44. The van der Waals surface area contributed by atoms with Crippen LogP contribution in [-0.2, 0) is 14.3 Å². The first kappa shape index (κ1) is 19.6. The summed E-state index contributed by atoms with van der Waals surface area (Å²) in [6.07, 6.45) is 2.05. The average molecular weight is 435 g/mol. The molecule has 0 saturated carbocycles. The zero-order chi connectivity index (χ0) is 20.2. The Hall–Kier alpha value is -2.66. The lowest BCUT2D eigenvalue weighted by atomic mass is 10.2. The van der Waals surface area contributed by atoms with E-state index < -0.39 is 5.97 Å². The maximum absolute atomic E-state index is 12.0. The molecule has 0 aliphatic carbocycles. The van der Waals surface area contributed by atoms with Gasteiger partial charge in [-0.3, -0.25) is 4.79 Å². The second-order valence-electron chi connectivity index (χ2n) is 5.98. The highest BCUT2D eigenvalue weighted by Crippen LogP contribution is 2.36. The van der Waals surface area contributed by atoms with E-state index in [2.05, 4.69) is 14.9 Å². The summed E-state index contributed by atoms with van der Waals surface area (Å²) in [5.74, 6) is 2.28. The van der Waals surface area contributed by atoms with Crippen molar-refractivity contribution in [1.29, 1.82) is 0 Å². The number of aromatic nitrogens is 2. The van der Waals surface area contributed by atoms with Crippen molar-refractivity contribution in [2.75, 3.05) is 32.0 Å². The van der Waals surface area contributed by atoms with E-state index in [4.69, 9.17) is 13.9 Å². The molecule has 1 aromatic carbocycles. The van der Waals surface area contributed by atoms with Crippen molar-refractivity contribution in [2.24, 2.45) is 0 Å². The van der Waals surface area contributed by atoms with E-state index in [1.54, 1.807) is 17.0 Å². The standard InChI is InChI=1S/C18H17N3O6S2/c1-24-16(23)8-15-21(14(22)9-29-15)5-2-6-28-18-20-19-17(27-18)11-3-4-12-13(7-11)26-10-25-12/h3-4,7-8H,2,5-6,9-10H2,1H3/b15-8+. The maximum atomic E-state index is 12.0.